The summed E-state index contributed by atoms with van der Waals surface area (Å²) < 4.78 is 0. The number of carbonyl (C=O) groups excluding carboxylic acids is 1. The van der Waals surface area contributed by atoms with Crippen LogP contribution in [0.3, 0.4) is 0 Å². The zero-order valence-corrected chi connectivity index (χ0v) is 11.4. The third-order valence-corrected chi connectivity index (χ3v) is 3.54. The van der Waals surface area contributed by atoms with Crippen molar-refractivity contribution in [2.45, 2.75) is 18.6 Å². The molecule has 2 rings (SSSR count). The van der Waals surface area contributed by atoms with Gasteiger partial charge in [0.15, 0.2) is 5.17 Å². The van der Waals surface area contributed by atoms with Crippen molar-refractivity contribution in [2.24, 2.45) is 10.2 Å². The van der Waals surface area contributed by atoms with Crippen LogP contribution in [-0.4, -0.2) is 38.1 Å². The van der Waals surface area contributed by atoms with Gasteiger partial charge in [0.25, 0.3) is 0 Å². The summed E-state index contributed by atoms with van der Waals surface area (Å²) >= 11 is 1.07. The Morgan fingerprint density at radius 2 is 2.35 bits per heavy atom. The number of thioether (sulfide) groups is 1. The van der Waals surface area contributed by atoms with Gasteiger partial charge in [-0.1, -0.05) is 17.8 Å². The first-order valence-electron chi connectivity index (χ1n) is 5.79. The molecule has 0 unspecified atom stereocenters. The summed E-state index contributed by atoms with van der Waals surface area (Å²) in [7, 11) is 0. The summed E-state index contributed by atoms with van der Waals surface area (Å²) in [5.74, 6) is -1.38. The van der Waals surface area contributed by atoms with Gasteiger partial charge in [0.1, 0.15) is 5.25 Å². The first-order valence-corrected chi connectivity index (χ1v) is 6.67. The molecular formula is C12H12N4O3S. The highest BCUT2D eigenvalue weighted by atomic mass is 32.2. The van der Waals surface area contributed by atoms with Crippen LogP contribution in [0.4, 0.5) is 0 Å². The van der Waals surface area contributed by atoms with Gasteiger partial charge in [-0.3, -0.25) is 14.6 Å². The van der Waals surface area contributed by atoms with Crippen LogP contribution < -0.4 is 5.32 Å². The molecule has 0 saturated carbocycles. The van der Waals surface area contributed by atoms with Gasteiger partial charge in [0.05, 0.1) is 17.8 Å². The van der Waals surface area contributed by atoms with Gasteiger partial charge < -0.3 is 10.4 Å². The summed E-state index contributed by atoms with van der Waals surface area (Å²) in [5.41, 5.74) is 1.29. The van der Waals surface area contributed by atoms with E-state index in [0.717, 1.165) is 11.8 Å². The van der Waals surface area contributed by atoms with E-state index in [1.54, 1.807) is 25.3 Å². The highest BCUT2D eigenvalue weighted by molar-refractivity contribution is 8.15. The summed E-state index contributed by atoms with van der Waals surface area (Å²) in [6.45, 7) is 1.75. The zero-order chi connectivity index (χ0) is 14.5. The summed E-state index contributed by atoms with van der Waals surface area (Å²) in [5, 5.41) is 18.7. The number of carbonyl (C=O) groups is 2. The Balaban J connectivity index is 2.06. The minimum atomic E-state index is -1.02. The number of aromatic nitrogens is 1. The molecule has 104 valence electrons. The van der Waals surface area contributed by atoms with Crippen molar-refractivity contribution >= 4 is 34.5 Å². The maximum absolute atomic E-state index is 11.5. The summed E-state index contributed by atoms with van der Waals surface area (Å²) in [6, 6.07) is 5.43. The lowest BCUT2D eigenvalue weighted by Crippen LogP contribution is -2.26. The molecule has 2 N–H and O–H groups in total. The second kappa shape index (κ2) is 6.29. The largest absolute Gasteiger partial charge is 0.481 e. The van der Waals surface area contributed by atoms with E-state index in [4.69, 9.17) is 5.11 Å². The maximum Gasteiger partial charge on any atom is 0.305 e. The van der Waals surface area contributed by atoms with Crippen LogP contribution in [0.15, 0.2) is 34.6 Å². The number of amides is 1. The molecule has 1 aromatic heterocycles. The Labute approximate surface area is 119 Å². The number of aliphatic carboxylic acids is 1. The van der Waals surface area contributed by atoms with Gasteiger partial charge in [-0.2, -0.15) is 5.10 Å². The molecule has 0 aromatic carbocycles. The van der Waals surface area contributed by atoms with Crippen LogP contribution in [-0.2, 0) is 9.59 Å². The molecule has 0 radical (unpaired) electrons. The number of hydrogen-bond acceptors (Lipinski definition) is 6. The van der Waals surface area contributed by atoms with E-state index in [1.807, 2.05) is 6.07 Å². The number of hydrogen-bond donors (Lipinski definition) is 2. The summed E-state index contributed by atoms with van der Waals surface area (Å²) in [4.78, 5) is 26.2. The Morgan fingerprint density at radius 1 is 1.55 bits per heavy atom. The van der Waals surface area contributed by atoms with Crippen molar-refractivity contribution in [2.75, 3.05) is 0 Å². The molecular weight excluding hydrogens is 280 g/mol. The van der Waals surface area contributed by atoms with E-state index in [1.165, 1.54) is 0 Å². The van der Waals surface area contributed by atoms with Gasteiger partial charge in [-0.15, -0.1) is 5.10 Å². The Morgan fingerprint density at radius 3 is 3.00 bits per heavy atom. The van der Waals surface area contributed by atoms with Crippen molar-refractivity contribution in [3.8, 4) is 0 Å². The first kappa shape index (κ1) is 14.2. The topological polar surface area (TPSA) is 104 Å². The first-order chi connectivity index (χ1) is 9.56. The van der Waals surface area contributed by atoms with Gasteiger partial charge in [0.2, 0.25) is 5.91 Å². The molecule has 1 fully saturated rings. The second-order valence-electron chi connectivity index (χ2n) is 4.00. The van der Waals surface area contributed by atoms with Gasteiger partial charge in [-0.05, 0) is 19.1 Å². The van der Waals surface area contributed by atoms with Gasteiger partial charge >= 0.3 is 5.97 Å². The lowest BCUT2D eigenvalue weighted by Gasteiger charge is -1.98. The molecule has 1 amide bonds. The van der Waals surface area contributed by atoms with Gasteiger partial charge in [0, 0.05) is 6.20 Å². The molecule has 1 aliphatic heterocycles. The fourth-order valence-electron chi connectivity index (χ4n) is 1.49. The molecule has 2 heterocycles. The molecule has 0 aliphatic carbocycles. The molecule has 1 aromatic rings. The van der Waals surface area contributed by atoms with Crippen LogP contribution >= 0.6 is 11.8 Å². The average molecular weight is 292 g/mol. The smallest absolute Gasteiger partial charge is 0.305 e. The number of rotatable bonds is 4. The van der Waals surface area contributed by atoms with E-state index in [9.17, 15) is 9.59 Å². The molecule has 0 spiro atoms. The lowest BCUT2D eigenvalue weighted by atomic mass is 10.3. The highest BCUT2D eigenvalue weighted by Crippen LogP contribution is 2.22. The van der Waals surface area contributed by atoms with Gasteiger partial charge in [-0.25, -0.2) is 0 Å². The fourth-order valence-corrected chi connectivity index (χ4v) is 2.40. The van der Waals surface area contributed by atoms with Crippen molar-refractivity contribution in [3.05, 3.63) is 30.1 Å². The third kappa shape index (κ3) is 3.64. The highest BCUT2D eigenvalue weighted by Gasteiger charge is 2.32. The molecule has 1 atom stereocenters. The van der Waals surface area contributed by atoms with E-state index in [-0.39, 0.29) is 12.3 Å². The summed E-state index contributed by atoms with van der Waals surface area (Å²) in [6.07, 6.45) is 1.41. The van der Waals surface area contributed by atoms with Crippen LogP contribution in [0.1, 0.15) is 19.0 Å². The normalized spacial score (nSPS) is 21.1. The van der Waals surface area contributed by atoms with Crippen molar-refractivity contribution in [3.63, 3.8) is 0 Å². The zero-order valence-electron chi connectivity index (χ0n) is 10.6. The maximum atomic E-state index is 11.5. The molecule has 1 saturated heterocycles. The SMILES string of the molecule is C/C(=N/N=C1/NC(=O)[C@@H](CC(=O)O)S1)c1ccccn1. The van der Waals surface area contributed by atoms with Crippen LogP contribution in [0.5, 0.6) is 0 Å². The molecule has 8 heteroatoms. The van der Waals surface area contributed by atoms with Crippen molar-refractivity contribution < 1.29 is 14.7 Å². The quantitative estimate of drug-likeness (QED) is 0.633. The monoisotopic (exact) mass is 292 g/mol. The van der Waals surface area contributed by atoms with Crippen LogP contribution in [0.25, 0.3) is 0 Å². The Bertz CT molecular complexity index is 586. The lowest BCUT2D eigenvalue weighted by molar-refractivity contribution is -0.138. The Kier molecular flexibility index (Phi) is 4.46. The fraction of sp³-hybridized carbons (Fsp3) is 0.250. The molecule has 7 nitrogen and oxygen atoms in total. The minimum Gasteiger partial charge on any atom is -0.481 e. The third-order valence-electron chi connectivity index (χ3n) is 2.46. The van der Waals surface area contributed by atoms with Crippen molar-refractivity contribution in [1.29, 1.82) is 0 Å². The number of amidine groups is 1. The molecule has 0 bridgehead atoms. The molecule has 1 aliphatic rings. The van der Waals surface area contributed by atoms with E-state index < -0.39 is 11.2 Å². The Hall–Kier alpha value is -2.22. The average Bonchev–Trinajstić information content (AvgIpc) is 2.77. The second-order valence-corrected chi connectivity index (χ2v) is 5.19. The predicted octanol–water partition coefficient (Wildman–Crippen LogP) is 0.868. The van der Waals surface area contributed by atoms with E-state index in [2.05, 4.69) is 20.5 Å². The molecule has 20 heavy (non-hydrogen) atoms. The van der Waals surface area contributed by atoms with E-state index >= 15 is 0 Å². The van der Waals surface area contributed by atoms with Crippen LogP contribution in [0.2, 0.25) is 0 Å². The number of nitrogens with one attached hydrogen (secondary N) is 1. The van der Waals surface area contributed by atoms with Crippen molar-refractivity contribution in [1.82, 2.24) is 10.3 Å². The standard InChI is InChI=1S/C12H12N4O3S/c1-7(8-4-2-3-5-13-8)15-16-12-14-11(19)9(20-12)6-10(17)18/h2-5,9H,6H2,1H3,(H,17,18)(H,14,16,19)/b15-7-/t9-/m1/s1. The number of carboxylic acids is 1. The number of pyridine rings is 1. The number of nitrogens with zero attached hydrogens (tertiary/aromatic N) is 3. The number of carboxylic acid groups (broad SMARTS) is 1. The minimum absolute atomic E-state index is 0.238. The predicted molar refractivity (Wildman–Crippen MR) is 75.7 cm³/mol. The van der Waals surface area contributed by atoms with Crippen LogP contribution in [0, 0.1) is 0 Å². The van der Waals surface area contributed by atoms with E-state index in [0.29, 0.717) is 16.6 Å².